The number of hydrogen-bond acceptors (Lipinski definition) is 6. The van der Waals surface area contributed by atoms with Crippen LogP contribution in [0.3, 0.4) is 0 Å². The van der Waals surface area contributed by atoms with E-state index >= 15 is 0 Å². The Kier molecular flexibility index (Phi) is 4.59. The molecule has 2 aliphatic heterocycles. The van der Waals surface area contributed by atoms with Gasteiger partial charge in [0.05, 0.1) is 0 Å². The Bertz CT molecular complexity index is 487. The number of nitrogens with zero attached hydrogens (tertiary/aromatic N) is 1. The summed E-state index contributed by atoms with van der Waals surface area (Å²) in [5.74, 6) is -3.41. The van der Waals surface area contributed by atoms with E-state index in [2.05, 4.69) is 0 Å². The van der Waals surface area contributed by atoms with Crippen molar-refractivity contribution < 1.29 is 28.6 Å². The van der Waals surface area contributed by atoms with E-state index < -0.39 is 35.3 Å². The third-order valence-corrected chi connectivity index (χ3v) is 3.77. The maximum atomic E-state index is 12.3. The molecule has 23 heavy (non-hydrogen) atoms. The second-order valence-corrected chi connectivity index (χ2v) is 7.50. The molecule has 1 amide bonds. The van der Waals surface area contributed by atoms with Gasteiger partial charge in [0.25, 0.3) is 5.79 Å². The summed E-state index contributed by atoms with van der Waals surface area (Å²) in [6, 6.07) is -0.226. The minimum Gasteiger partial charge on any atom is -0.444 e. The van der Waals surface area contributed by atoms with Gasteiger partial charge in [0.2, 0.25) is 0 Å². The zero-order valence-electron chi connectivity index (χ0n) is 14.4. The lowest BCUT2D eigenvalue weighted by atomic mass is 9.97. The number of cyclic esters (lactones) is 2. The third-order valence-electron chi connectivity index (χ3n) is 3.77. The van der Waals surface area contributed by atoms with Crippen LogP contribution < -0.4 is 0 Å². The molecule has 2 heterocycles. The Balaban J connectivity index is 2.03. The van der Waals surface area contributed by atoms with Crippen LogP contribution in [0.15, 0.2) is 0 Å². The number of amides is 1. The van der Waals surface area contributed by atoms with E-state index in [1.54, 1.807) is 25.7 Å². The first-order valence-electron chi connectivity index (χ1n) is 7.94. The molecule has 0 aromatic carbocycles. The van der Waals surface area contributed by atoms with E-state index in [9.17, 15) is 14.4 Å². The highest BCUT2D eigenvalue weighted by atomic mass is 16.7. The average Bonchev–Trinajstić information content (AvgIpc) is 2.78. The Morgan fingerprint density at radius 1 is 1.26 bits per heavy atom. The second-order valence-electron chi connectivity index (χ2n) is 7.50. The molecular formula is C16H25NO6. The lowest BCUT2D eigenvalue weighted by Crippen LogP contribution is -2.49. The van der Waals surface area contributed by atoms with E-state index in [1.807, 2.05) is 0 Å². The molecule has 7 heteroatoms. The molecular weight excluding hydrogens is 302 g/mol. The highest BCUT2D eigenvalue weighted by Gasteiger charge is 2.46. The molecule has 130 valence electrons. The van der Waals surface area contributed by atoms with Crippen LogP contribution in [0.5, 0.6) is 0 Å². The van der Waals surface area contributed by atoms with Gasteiger partial charge in [-0.1, -0.05) is 0 Å². The largest absolute Gasteiger partial charge is 0.444 e. The molecule has 0 spiro atoms. The zero-order chi connectivity index (χ0) is 17.4. The summed E-state index contributed by atoms with van der Waals surface area (Å²) in [6.07, 6.45) is 1.32. The Morgan fingerprint density at radius 2 is 1.83 bits per heavy atom. The van der Waals surface area contributed by atoms with Crippen LogP contribution in [0.25, 0.3) is 0 Å². The van der Waals surface area contributed by atoms with Crippen molar-refractivity contribution in [1.82, 2.24) is 4.90 Å². The molecule has 7 nitrogen and oxygen atoms in total. The minimum absolute atomic E-state index is 0.201. The van der Waals surface area contributed by atoms with E-state index in [4.69, 9.17) is 14.2 Å². The first kappa shape index (κ1) is 17.6. The second kappa shape index (κ2) is 6.02. The lowest BCUT2D eigenvalue weighted by Gasteiger charge is -2.35. The minimum atomic E-state index is -1.23. The molecule has 0 radical (unpaired) electrons. The number of ether oxygens (including phenoxy) is 3. The van der Waals surface area contributed by atoms with Crippen molar-refractivity contribution in [2.24, 2.45) is 5.92 Å². The lowest BCUT2D eigenvalue weighted by molar-refractivity contribution is -0.240. The topological polar surface area (TPSA) is 82.1 Å². The number of hydrogen-bond donors (Lipinski definition) is 0. The summed E-state index contributed by atoms with van der Waals surface area (Å²) in [5, 5.41) is 0. The maximum Gasteiger partial charge on any atom is 0.410 e. The van der Waals surface area contributed by atoms with Crippen LogP contribution >= 0.6 is 0 Å². The number of carbonyl (C=O) groups is 3. The van der Waals surface area contributed by atoms with Crippen molar-refractivity contribution in [1.29, 1.82) is 0 Å². The van der Waals surface area contributed by atoms with Gasteiger partial charge in [-0.2, -0.15) is 0 Å². The molecule has 0 N–H and O–H groups in total. The van der Waals surface area contributed by atoms with Crippen LogP contribution in [0.4, 0.5) is 4.79 Å². The normalized spacial score (nSPS) is 25.1. The van der Waals surface area contributed by atoms with Crippen LogP contribution in [0.2, 0.25) is 0 Å². The SMILES string of the molecule is CC(C)(C)OC(=O)N1CCCC1CC1C(=O)OC(C)(C)OC1=O. The first-order valence-corrected chi connectivity index (χ1v) is 7.94. The van der Waals surface area contributed by atoms with Crippen molar-refractivity contribution in [2.45, 2.75) is 71.3 Å². The molecule has 2 rings (SSSR count). The molecule has 0 saturated carbocycles. The fraction of sp³-hybridized carbons (Fsp3) is 0.812. The molecule has 2 aliphatic rings. The van der Waals surface area contributed by atoms with Crippen LogP contribution in [-0.2, 0) is 23.8 Å². The number of likely N-dealkylation sites (tertiary alicyclic amines) is 1. The number of rotatable bonds is 2. The van der Waals surface area contributed by atoms with Crippen molar-refractivity contribution in [2.75, 3.05) is 6.54 Å². The smallest absolute Gasteiger partial charge is 0.410 e. The Hall–Kier alpha value is -1.79. The van der Waals surface area contributed by atoms with Crippen molar-refractivity contribution in [3.63, 3.8) is 0 Å². The van der Waals surface area contributed by atoms with Crippen LogP contribution in [0.1, 0.15) is 53.9 Å². The van der Waals surface area contributed by atoms with Gasteiger partial charge >= 0.3 is 18.0 Å². The van der Waals surface area contributed by atoms with E-state index in [0.29, 0.717) is 6.54 Å². The highest BCUT2D eigenvalue weighted by molar-refractivity contribution is 5.96. The van der Waals surface area contributed by atoms with Gasteiger partial charge < -0.3 is 19.1 Å². The molecule has 1 unspecified atom stereocenters. The Labute approximate surface area is 136 Å². The van der Waals surface area contributed by atoms with Crippen LogP contribution in [-0.4, -0.2) is 46.9 Å². The van der Waals surface area contributed by atoms with E-state index in [0.717, 1.165) is 12.8 Å². The molecule has 2 fully saturated rings. The van der Waals surface area contributed by atoms with Gasteiger partial charge in [-0.3, -0.25) is 9.59 Å². The molecule has 0 bridgehead atoms. The predicted octanol–water partition coefficient (Wildman–Crippen LogP) is 2.23. The first-order chi connectivity index (χ1) is 10.5. The highest BCUT2D eigenvalue weighted by Crippen LogP contribution is 2.31. The van der Waals surface area contributed by atoms with Crippen molar-refractivity contribution in [3.05, 3.63) is 0 Å². The summed E-state index contributed by atoms with van der Waals surface area (Å²) in [7, 11) is 0. The summed E-state index contributed by atoms with van der Waals surface area (Å²) in [4.78, 5) is 38.0. The number of esters is 2. The van der Waals surface area contributed by atoms with Gasteiger partial charge in [0.1, 0.15) is 5.60 Å². The van der Waals surface area contributed by atoms with Gasteiger partial charge in [-0.05, 0) is 40.0 Å². The molecule has 0 aromatic rings. The van der Waals surface area contributed by atoms with Gasteiger partial charge in [0.15, 0.2) is 5.92 Å². The predicted molar refractivity (Wildman–Crippen MR) is 80.3 cm³/mol. The average molecular weight is 327 g/mol. The summed E-state index contributed by atoms with van der Waals surface area (Å²) in [5.41, 5.74) is -0.586. The maximum absolute atomic E-state index is 12.3. The molecule has 2 saturated heterocycles. The number of carbonyl (C=O) groups excluding carboxylic acids is 3. The van der Waals surface area contributed by atoms with E-state index in [-0.39, 0.29) is 12.5 Å². The fourth-order valence-electron chi connectivity index (χ4n) is 2.85. The van der Waals surface area contributed by atoms with Gasteiger partial charge in [0, 0.05) is 26.4 Å². The standard InChI is InChI=1S/C16H25NO6/c1-15(2,3)23-14(20)17-8-6-7-10(17)9-11-12(18)21-16(4,5)22-13(11)19/h10-11H,6-9H2,1-5H3. The molecule has 0 aromatic heterocycles. The van der Waals surface area contributed by atoms with E-state index in [1.165, 1.54) is 13.8 Å². The van der Waals surface area contributed by atoms with Gasteiger partial charge in [-0.15, -0.1) is 0 Å². The summed E-state index contributed by atoms with van der Waals surface area (Å²) < 4.78 is 15.6. The van der Waals surface area contributed by atoms with Crippen molar-refractivity contribution in [3.8, 4) is 0 Å². The third kappa shape index (κ3) is 4.36. The fourth-order valence-corrected chi connectivity index (χ4v) is 2.85. The quantitative estimate of drug-likeness (QED) is 0.571. The summed E-state index contributed by atoms with van der Waals surface area (Å²) >= 11 is 0. The summed E-state index contributed by atoms with van der Waals surface area (Å²) in [6.45, 7) is 8.99. The van der Waals surface area contributed by atoms with Crippen molar-refractivity contribution >= 4 is 18.0 Å². The van der Waals surface area contributed by atoms with Crippen LogP contribution in [0, 0.1) is 5.92 Å². The molecule has 0 aliphatic carbocycles. The monoisotopic (exact) mass is 327 g/mol. The Morgan fingerprint density at radius 3 is 2.35 bits per heavy atom. The zero-order valence-corrected chi connectivity index (χ0v) is 14.4. The van der Waals surface area contributed by atoms with Gasteiger partial charge in [-0.25, -0.2) is 4.79 Å². The molecule has 1 atom stereocenters.